The van der Waals surface area contributed by atoms with Gasteiger partial charge >= 0.3 is 5.97 Å². The summed E-state index contributed by atoms with van der Waals surface area (Å²) in [6, 6.07) is 5.50. The Morgan fingerprint density at radius 2 is 1.91 bits per heavy atom. The van der Waals surface area contributed by atoms with Crippen LogP contribution in [0, 0.1) is 0 Å². The van der Waals surface area contributed by atoms with Crippen molar-refractivity contribution in [2.75, 3.05) is 26.7 Å². The Morgan fingerprint density at radius 1 is 1.22 bits per heavy atom. The Hall–Kier alpha value is -1.93. The average Bonchev–Trinajstić information content (AvgIpc) is 2.60. The van der Waals surface area contributed by atoms with Gasteiger partial charge in [0, 0.05) is 13.1 Å². The molecular weight excluding hydrogens is 320 g/mol. The monoisotopic (exact) mass is 340 g/mol. The van der Waals surface area contributed by atoms with Crippen LogP contribution in [0.15, 0.2) is 29.2 Å². The van der Waals surface area contributed by atoms with Gasteiger partial charge in [-0.3, -0.25) is 4.79 Å². The van der Waals surface area contributed by atoms with Crippen LogP contribution in [0.4, 0.5) is 0 Å². The van der Waals surface area contributed by atoms with E-state index in [0.717, 1.165) is 19.3 Å². The Balaban J connectivity index is 2.04. The number of rotatable bonds is 5. The minimum Gasteiger partial charge on any atom is -0.465 e. The Bertz CT molecular complexity index is 681. The van der Waals surface area contributed by atoms with Gasteiger partial charge in [0.15, 0.2) is 0 Å². The van der Waals surface area contributed by atoms with E-state index < -0.39 is 16.0 Å². The molecule has 1 aliphatic rings. The van der Waals surface area contributed by atoms with Crippen molar-refractivity contribution in [3.63, 3.8) is 0 Å². The summed E-state index contributed by atoms with van der Waals surface area (Å²) in [4.78, 5) is 25.1. The van der Waals surface area contributed by atoms with Gasteiger partial charge in [0.2, 0.25) is 15.9 Å². The largest absolute Gasteiger partial charge is 0.465 e. The second-order valence-corrected chi connectivity index (χ2v) is 7.05. The van der Waals surface area contributed by atoms with Crippen LogP contribution in [0.25, 0.3) is 0 Å². The highest BCUT2D eigenvalue weighted by Crippen LogP contribution is 2.13. The van der Waals surface area contributed by atoms with E-state index >= 15 is 0 Å². The van der Waals surface area contributed by atoms with Crippen molar-refractivity contribution in [2.45, 2.75) is 24.2 Å². The zero-order valence-corrected chi connectivity index (χ0v) is 13.8. The second-order valence-electron chi connectivity index (χ2n) is 5.29. The number of carbonyl (C=O) groups is 2. The number of hydrogen-bond acceptors (Lipinski definition) is 5. The third kappa shape index (κ3) is 4.52. The highest BCUT2D eigenvalue weighted by atomic mass is 32.2. The van der Waals surface area contributed by atoms with Gasteiger partial charge in [-0.25, -0.2) is 17.9 Å². The van der Waals surface area contributed by atoms with Crippen molar-refractivity contribution in [2.24, 2.45) is 0 Å². The van der Waals surface area contributed by atoms with E-state index in [0.29, 0.717) is 13.1 Å². The molecule has 1 amide bonds. The van der Waals surface area contributed by atoms with Gasteiger partial charge in [0.05, 0.1) is 24.1 Å². The first-order valence-corrected chi connectivity index (χ1v) is 8.88. The molecule has 126 valence electrons. The lowest BCUT2D eigenvalue weighted by Gasteiger charge is -2.26. The van der Waals surface area contributed by atoms with E-state index in [1.54, 1.807) is 4.90 Å². The lowest BCUT2D eigenvalue weighted by molar-refractivity contribution is -0.130. The first-order chi connectivity index (χ1) is 10.9. The molecule has 0 atom stereocenters. The number of carbonyl (C=O) groups excluding carboxylic acids is 2. The summed E-state index contributed by atoms with van der Waals surface area (Å²) in [5, 5.41) is 0. The number of sulfonamides is 1. The van der Waals surface area contributed by atoms with Crippen molar-refractivity contribution in [1.82, 2.24) is 9.62 Å². The summed E-state index contributed by atoms with van der Waals surface area (Å²) in [5.74, 6) is -0.858. The van der Waals surface area contributed by atoms with Gasteiger partial charge in [-0.05, 0) is 37.5 Å². The minimum atomic E-state index is -3.86. The third-order valence-corrected chi connectivity index (χ3v) is 5.09. The summed E-state index contributed by atoms with van der Waals surface area (Å²) in [5.41, 5.74) is 0.137. The highest BCUT2D eigenvalue weighted by Gasteiger charge is 2.21. The number of piperidine rings is 1. The van der Waals surface area contributed by atoms with Crippen LogP contribution in [0.5, 0.6) is 0 Å². The van der Waals surface area contributed by atoms with E-state index in [1.807, 2.05) is 0 Å². The maximum atomic E-state index is 12.2. The standard InChI is InChI=1S/C15H20N2O5S/c1-22-15(19)12-6-5-7-13(10-12)23(20,21)16-11-14(18)17-8-3-2-4-9-17/h5-7,10,16H,2-4,8-9,11H2,1H3. The Kier molecular flexibility index (Phi) is 5.73. The summed E-state index contributed by atoms with van der Waals surface area (Å²) < 4.78 is 31.3. The SMILES string of the molecule is COC(=O)c1cccc(S(=O)(=O)NCC(=O)N2CCCCC2)c1. The zero-order valence-electron chi connectivity index (χ0n) is 12.9. The number of likely N-dealkylation sites (tertiary alicyclic amines) is 1. The maximum Gasteiger partial charge on any atom is 0.337 e. The Labute approximate surface area is 135 Å². The van der Waals surface area contributed by atoms with Crippen LogP contribution in [-0.4, -0.2) is 51.9 Å². The molecule has 1 saturated heterocycles. The lowest BCUT2D eigenvalue weighted by atomic mass is 10.1. The molecule has 1 aliphatic heterocycles. The molecule has 2 rings (SSSR count). The van der Waals surface area contributed by atoms with Gasteiger partial charge in [0.1, 0.15) is 0 Å². The molecule has 0 aliphatic carbocycles. The first kappa shape index (κ1) is 17.4. The summed E-state index contributed by atoms with van der Waals surface area (Å²) >= 11 is 0. The van der Waals surface area contributed by atoms with E-state index in [4.69, 9.17) is 0 Å². The molecule has 1 aromatic carbocycles. The van der Waals surface area contributed by atoms with Gasteiger partial charge in [-0.2, -0.15) is 0 Å². The third-order valence-electron chi connectivity index (χ3n) is 3.69. The molecule has 1 aromatic rings. The summed E-state index contributed by atoms with van der Waals surface area (Å²) in [7, 11) is -2.64. The highest BCUT2D eigenvalue weighted by molar-refractivity contribution is 7.89. The normalized spacial score (nSPS) is 15.3. The van der Waals surface area contributed by atoms with Crippen molar-refractivity contribution >= 4 is 21.9 Å². The van der Waals surface area contributed by atoms with E-state index in [2.05, 4.69) is 9.46 Å². The first-order valence-electron chi connectivity index (χ1n) is 7.40. The number of hydrogen-bond donors (Lipinski definition) is 1. The number of amides is 1. The molecule has 0 spiro atoms. The number of nitrogens with one attached hydrogen (secondary N) is 1. The molecule has 1 heterocycles. The fourth-order valence-corrected chi connectivity index (χ4v) is 3.42. The summed E-state index contributed by atoms with van der Waals surface area (Å²) in [6.45, 7) is 1.04. The van der Waals surface area contributed by atoms with Crippen LogP contribution in [0.1, 0.15) is 29.6 Å². The van der Waals surface area contributed by atoms with Gasteiger partial charge in [-0.1, -0.05) is 6.07 Å². The Morgan fingerprint density at radius 3 is 2.57 bits per heavy atom. The molecule has 7 nitrogen and oxygen atoms in total. The average molecular weight is 340 g/mol. The molecule has 0 saturated carbocycles. The van der Waals surface area contributed by atoms with Crippen molar-refractivity contribution in [3.05, 3.63) is 29.8 Å². The number of esters is 1. The van der Waals surface area contributed by atoms with Crippen LogP contribution >= 0.6 is 0 Å². The van der Waals surface area contributed by atoms with Crippen LogP contribution in [0.3, 0.4) is 0 Å². The predicted octanol–water partition coefficient (Wildman–Crippen LogP) is 0.764. The quantitative estimate of drug-likeness (QED) is 0.799. The molecule has 0 aromatic heterocycles. The molecule has 0 bridgehead atoms. The fourth-order valence-electron chi connectivity index (χ4n) is 2.40. The van der Waals surface area contributed by atoms with E-state index in [1.165, 1.54) is 31.4 Å². The van der Waals surface area contributed by atoms with Gasteiger partial charge in [0.25, 0.3) is 0 Å². The molecular formula is C15H20N2O5S. The maximum absolute atomic E-state index is 12.2. The van der Waals surface area contributed by atoms with E-state index in [9.17, 15) is 18.0 Å². The number of ether oxygens (including phenoxy) is 1. The fraction of sp³-hybridized carbons (Fsp3) is 0.467. The molecule has 1 N–H and O–H groups in total. The number of benzene rings is 1. The van der Waals surface area contributed by atoms with Crippen molar-refractivity contribution in [3.8, 4) is 0 Å². The molecule has 0 radical (unpaired) electrons. The second kappa shape index (κ2) is 7.56. The lowest BCUT2D eigenvalue weighted by Crippen LogP contribution is -2.42. The summed E-state index contributed by atoms with van der Waals surface area (Å²) in [6.07, 6.45) is 2.98. The van der Waals surface area contributed by atoms with Crippen LogP contribution < -0.4 is 4.72 Å². The van der Waals surface area contributed by atoms with Gasteiger partial charge in [-0.15, -0.1) is 0 Å². The smallest absolute Gasteiger partial charge is 0.337 e. The van der Waals surface area contributed by atoms with E-state index in [-0.39, 0.29) is 22.9 Å². The molecule has 0 unspecified atom stereocenters. The van der Waals surface area contributed by atoms with Crippen LogP contribution in [0.2, 0.25) is 0 Å². The van der Waals surface area contributed by atoms with Crippen molar-refractivity contribution in [1.29, 1.82) is 0 Å². The molecule has 23 heavy (non-hydrogen) atoms. The van der Waals surface area contributed by atoms with Crippen molar-refractivity contribution < 1.29 is 22.7 Å². The molecule has 1 fully saturated rings. The topological polar surface area (TPSA) is 92.8 Å². The molecule has 8 heteroatoms. The zero-order chi connectivity index (χ0) is 16.9. The number of methoxy groups -OCH3 is 1. The predicted molar refractivity (Wildman–Crippen MR) is 83.4 cm³/mol. The van der Waals surface area contributed by atoms with Crippen LogP contribution in [-0.2, 0) is 19.6 Å². The van der Waals surface area contributed by atoms with Gasteiger partial charge < -0.3 is 9.64 Å². The minimum absolute atomic E-state index is 0.0770. The number of nitrogens with zero attached hydrogens (tertiary/aromatic N) is 1.